The predicted octanol–water partition coefficient (Wildman–Crippen LogP) is 4.35. The molecule has 4 aliphatic carbocycles. The Bertz CT molecular complexity index is 566. The summed E-state index contributed by atoms with van der Waals surface area (Å²) in [4.78, 5) is 12.4. The van der Waals surface area contributed by atoms with Gasteiger partial charge in [0, 0.05) is 13.0 Å². The first-order valence-electron chi connectivity index (χ1n) is 9.51. The number of hydrogen-bond acceptors (Lipinski definition) is 3. The van der Waals surface area contributed by atoms with Gasteiger partial charge in [0.05, 0.1) is 5.60 Å². The molecule has 0 spiro atoms. The Hall–Kier alpha value is -1.35. The molecule has 24 heavy (non-hydrogen) atoms. The average molecular weight is 328 g/mol. The molecule has 3 nitrogen and oxygen atoms in total. The largest absolute Gasteiger partial charge is 0.461 e. The lowest BCUT2D eigenvalue weighted by Gasteiger charge is -2.59. The van der Waals surface area contributed by atoms with Crippen LogP contribution in [0.4, 0.5) is 0 Å². The molecule has 0 N–H and O–H groups in total. The number of ether oxygens (including phenoxy) is 2. The molecular weight excluding hydrogens is 300 g/mol. The summed E-state index contributed by atoms with van der Waals surface area (Å²) in [6.07, 6.45) is 6.75. The molecule has 0 heterocycles. The summed E-state index contributed by atoms with van der Waals surface area (Å²) < 4.78 is 11.7. The molecule has 0 saturated heterocycles. The SMILES string of the molecule is CCOC12CC3C[C@H](C1)C(CC(=O)OCc1ccccc1)[C@@H](C3)C2. The Balaban J connectivity index is 1.35. The zero-order valence-electron chi connectivity index (χ0n) is 14.6. The van der Waals surface area contributed by atoms with Crippen molar-refractivity contribution in [1.82, 2.24) is 0 Å². The van der Waals surface area contributed by atoms with Crippen LogP contribution in [0.5, 0.6) is 0 Å². The van der Waals surface area contributed by atoms with E-state index in [0.717, 1.165) is 30.9 Å². The van der Waals surface area contributed by atoms with Crippen LogP contribution in [-0.2, 0) is 20.9 Å². The first kappa shape index (κ1) is 16.1. The topological polar surface area (TPSA) is 35.5 Å². The van der Waals surface area contributed by atoms with E-state index in [9.17, 15) is 4.79 Å². The molecule has 5 rings (SSSR count). The van der Waals surface area contributed by atoms with Gasteiger partial charge in [0.25, 0.3) is 0 Å². The Labute approximate surface area is 144 Å². The van der Waals surface area contributed by atoms with Crippen LogP contribution in [0.1, 0.15) is 51.0 Å². The van der Waals surface area contributed by atoms with E-state index in [-0.39, 0.29) is 11.6 Å². The lowest BCUT2D eigenvalue weighted by atomic mass is 9.49. The van der Waals surface area contributed by atoms with Gasteiger partial charge in [-0.15, -0.1) is 0 Å². The van der Waals surface area contributed by atoms with Crippen LogP contribution in [-0.4, -0.2) is 18.2 Å². The van der Waals surface area contributed by atoms with Crippen LogP contribution < -0.4 is 0 Å². The molecule has 0 aliphatic heterocycles. The molecular formula is C21H28O3. The molecule has 0 radical (unpaired) electrons. The lowest BCUT2D eigenvalue weighted by Crippen LogP contribution is -2.56. The van der Waals surface area contributed by atoms with E-state index in [0.29, 0.717) is 30.8 Å². The molecule has 3 unspecified atom stereocenters. The maximum absolute atomic E-state index is 12.4. The average Bonchev–Trinajstić information content (AvgIpc) is 2.56. The second-order valence-electron chi connectivity index (χ2n) is 8.10. The third-order valence-electron chi connectivity index (χ3n) is 6.51. The highest BCUT2D eigenvalue weighted by Gasteiger charge is 2.56. The van der Waals surface area contributed by atoms with Crippen molar-refractivity contribution in [2.75, 3.05) is 6.61 Å². The summed E-state index contributed by atoms with van der Waals surface area (Å²) >= 11 is 0. The lowest BCUT2D eigenvalue weighted by molar-refractivity contribution is -0.186. The van der Waals surface area contributed by atoms with Crippen molar-refractivity contribution < 1.29 is 14.3 Å². The second-order valence-corrected chi connectivity index (χ2v) is 8.10. The first-order chi connectivity index (χ1) is 11.7. The molecule has 130 valence electrons. The molecule has 4 fully saturated rings. The van der Waals surface area contributed by atoms with Gasteiger partial charge in [-0.05, 0) is 68.3 Å². The van der Waals surface area contributed by atoms with Gasteiger partial charge in [0.1, 0.15) is 6.61 Å². The van der Waals surface area contributed by atoms with Crippen molar-refractivity contribution in [3.05, 3.63) is 35.9 Å². The minimum absolute atomic E-state index is 0.0261. The van der Waals surface area contributed by atoms with Crippen LogP contribution in [0.25, 0.3) is 0 Å². The summed E-state index contributed by atoms with van der Waals surface area (Å²) in [7, 11) is 0. The maximum atomic E-state index is 12.4. The third kappa shape index (κ3) is 3.11. The van der Waals surface area contributed by atoms with Crippen molar-refractivity contribution in [2.24, 2.45) is 23.7 Å². The minimum Gasteiger partial charge on any atom is -0.461 e. The molecule has 4 saturated carbocycles. The second kappa shape index (κ2) is 6.51. The zero-order valence-corrected chi connectivity index (χ0v) is 14.6. The summed E-state index contributed by atoms with van der Waals surface area (Å²) in [5.41, 5.74) is 1.20. The number of rotatable bonds is 6. The molecule has 4 aliphatic rings. The summed E-state index contributed by atoms with van der Waals surface area (Å²) in [5, 5.41) is 0. The van der Waals surface area contributed by atoms with Gasteiger partial charge >= 0.3 is 5.97 Å². The quantitative estimate of drug-likeness (QED) is 0.728. The highest BCUT2D eigenvalue weighted by atomic mass is 16.5. The van der Waals surface area contributed by atoms with Crippen LogP contribution in [0.2, 0.25) is 0 Å². The van der Waals surface area contributed by atoms with Crippen molar-refractivity contribution >= 4 is 5.97 Å². The Morgan fingerprint density at radius 2 is 1.83 bits per heavy atom. The van der Waals surface area contributed by atoms with Gasteiger partial charge in [-0.3, -0.25) is 4.79 Å². The highest BCUT2D eigenvalue weighted by Crippen LogP contribution is 2.60. The van der Waals surface area contributed by atoms with Crippen molar-refractivity contribution in [3.63, 3.8) is 0 Å². The number of carbonyl (C=O) groups is 1. The zero-order chi connectivity index (χ0) is 16.6. The van der Waals surface area contributed by atoms with E-state index in [1.807, 2.05) is 30.3 Å². The monoisotopic (exact) mass is 328 g/mol. The fraction of sp³-hybridized carbons (Fsp3) is 0.667. The fourth-order valence-corrected chi connectivity index (χ4v) is 5.86. The Kier molecular flexibility index (Phi) is 4.38. The first-order valence-corrected chi connectivity index (χ1v) is 9.51. The van der Waals surface area contributed by atoms with Gasteiger partial charge in [-0.2, -0.15) is 0 Å². The van der Waals surface area contributed by atoms with Crippen LogP contribution >= 0.6 is 0 Å². The smallest absolute Gasteiger partial charge is 0.306 e. The number of esters is 1. The summed E-state index contributed by atoms with van der Waals surface area (Å²) in [5.74, 6) is 2.63. The van der Waals surface area contributed by atoms with Crippen molar-refractivity contribution in [1.29, 1.82) is 0 Å². The number of carbonyl (C=O) groups excluding carboxylic acids is 1. The summed E-state index contributed by atoms with van der Waals surface area (Å²) in [6, 6.07) is 9.94. The molecule has 0 aromatic heterocycles. The third-order valence-corrected chi connectivity index (χ3v) is 6.51. The van der Waals surface area contributed by atoms with Gasteiger partial charge in [0.2, 0.25) is 0 Å². The standard InChI is InChI=1S/C21H28O3/c1-2-24-21-11-16-8-17(12-21)19(18(9-16)13-21)10-20(22)23-14-15-6-4-3-5-7-15/h3-7,16-19H,2,8-14H2,1H3/t16?,17-,18+,19?,21?. The molecule has 1 aromatic rings. The van der Waals surface area contributed by atoms with Gasteiger partial charge in [-0.1, -0.05) is 30.3 Å². The molecule has 4 bridgehead atoms. The van der Waals surface area contributed by atoms with Crippen molar-refractivity contribution in [2.45, 2.75) is 57.7 Å². The van der Waals surface area contributed by atoms with Crippen LogP contribution in [0, 0.1) is 23.7 Å². The van der Waals surface area contributed by atoms with Crippen molar-refractivity contribution in [3.8, 4) is 0 Å². The number of benzene rings is 1. The van der Waals surface area contributed by atoms with E-state index >= 15 is 0 Å². The van der Waals surface area contributed by atoms with Crippen LogP contribution in [0.15, 0.2) is 30.3 Å². The predicted molar refractivity (Wildman–Crippen MR) is 92.3 cm³/mol. The van der Waals surface area contributed by atoms with Gasteiger partial charge in [0.15, 0.2) is 0 Å². The molecule has 1 aromatic carbocycles. The van der Waals surface area contributed by atoms with E-state index in [1.54, 1.807) is 0 Å². The van der Waals surface area contributed by atoms with E-state index < -0.39 is 0 Å². The van der Waals surface area contributed by atoms with Crippen LogP contribution in [0.3, 0.4) is 0 Å². The van der Waals surface area contributed by atoms with Gasteiger partial charge < -0.3 is 9.47 Å². The minimum atomic E-state index is -0.0261. The van der Waals surface area contributed by atoms with E-state index in [1.165, 1.54) is 19.3 Å². The van der Waals surface area contributed by atoms with E-state index in [4.69, 9.17) is 9.47 Å². The number of hydrogen-bond donors (Lipinski definition) is 0. The molecule has 3 heteroatoms. The molecule has 5 atom stereocenters. The Morgan fingerprint density at radius 3 is 2.50 bits per heavy atom. The van der Waals surface area contributed by atoms with E-state index in [2.05, 4.69) is 6.92 Å². The van der Waals surface area contributed by atoms with Gasteiger partial charge in [-0.25, -0.2) is 0 Å². The Morgan fingerprint density at radius 1 is 1.12 bits per heavy atom. The normalized spacial score (nSPS) is 36.7. The fourth-order valence-electron chi connectivity index (χ4n) is 5.86. The molecule has 0 amide bonds. The maximum Gasteiger partial charge on any atom is 0.306 e. The highest BCUT2D eigenvalue weighted by molar-refractivity contribution is 5.69. The summed E-state index contributed by atoms with van der Waals surface area (Å²) in [6.45, 7) is 3.32.